The van der Waals surface area contributed by atoms with Crippen molar-refractivity contribution in [2.45, 2.75) is 5.41 Å². The van der Waals surface area contributed by atoms with E-state index >= 15 is 0 Å². The van der Waals surface area contributed by atoms with Crippen LogP contribution in [0.1, 0.15) is 22.3 Å². The molecule has 9 aromatic carbocycles. The first-order valence-electron chi connectivity index (χ1n) is 21.2. The summed E-state index contributed by atoms with van der Waals surface area (Å²) in [4.78, 5) is 10.6. The van der Waals surface area contributed by atoms with Crippen molar-refractivity contribution in [3.05, 3.63) is 253 Å². The summed E-state index contributed by atoms with van der Waals surface area (Å²) in [5.41, 5.74) is 16.8. The summed E-state index contributed by atoms with van der Waals surface area (Å²) in [6, 6.07) is 83.4. The molecule has 0 unspecified atom stereocenters. The van der Waals surface area contributed by atoms with Crippen LogP contribution in [0.25, 0.3) is 87.5 Å². The third-order valence-electron chi connectivity index (χ3n) is 12.6. The van der Waals surface area contributed by atoms with Crippen LogP contribution in [-0.4, -0.2) is 9.97 Å². The number of rotatable bonds is 7. The topological polar surface area (TPSA) is 25.8 Å². The predicted molar refractivity (Wildman–Crippen MR) is 259 cm³/mol. The lowest BCUT2D eigenvalue weighted by molar-refractivity contribution is 0.770. The standard InChI is InChI=1S/C59H38N2S/c1-4-18-41(19-5-1)58-60-53(38-54(61-58)47-26-11-10-24-45(47)50-30-17-31-51-48-27-13-15-33-55(48)62-57(50)51)40-36-34-39(35-37-40)44-28-16-29-49-46-25-12-14-32-52(46)59(56(44)49,42-20-6-2-7-21-42)43-22-8-3-9-23-43/h1-38H. The Morgan fingerprint density at radius 1 is 0.339 bits per heavy atom. The molecule has 3 heteroatoms. The van der Waals surface area contributed by atoms with Gasteiger partial charge in [0.05, 0.1) is 16.8 Å². The fraction of sp³-hybridized carbons (Fsp3) is 0.0169. The lowest BCUT2D eigenvalue weighted by atomic mass is 9.66. The molecule has 0 atom stereocenters. The van der Waals surface area contributed by atoms with E-state index in [1.54, 1.807) is 0 Å². The zero-order valence-corrected chi connectivity index (χ0v) is 34.6. The van der Waals surface area contributed by atoms with Gasteiger partial charge < -0.3 is 0 Å². The largest absolute Gasteiger partial charge is 0.228 e. The van der Waals surface area contributed by atoms with Crippen LogP contribution in [0, 0.1) is 0 Å². The fourth-order valence-corrected chi connectivity index (χ4v) is 11.1. The molecule has 0 spiro atoms. The third-order valence-corrected chi connectivity index (χ3v) is 13.8. The van der Waals surface area contributed by atoms with Crippen LogP contribution in [0.4, 0.5) is 0 Å². The maximum Gasteiger partial charge on any atom is 0.160 e. The van der Waals surface area contributed by atoms with Gasteiger partial charge in [-0.25, -0.2) is 9.97 Å². The summed E-state index contributed by atoms with van der Waals surface area (Å²) in [5, 5.41) is 2.57. The molecule has 0 bridgehead atoms. The Kier molecular flexibility index (Phi) is 8.62. The van der Waals surface area contributed by atoms with E-state index in [-0.39, 0.29) is 0 Å². The van der Waals surface area contributed by atoms with Gasteiger partial charge in [0.15, 0.2) is 5.82 Å². The Bertz CT molecular complexity index is 3400. The van der Waals surface area contributed by atoms with Crippen LogP contribution in [0.15, 0.2) is 231 Å². The average molecular weight is 807 g/mol. The van der Waals surface area contributed by atoms with E-state index in [0.29, 0.717) is 5.82 Å². The van der Waals surface area contributed by atoms with E-state index in [1.165, 1.54) is 64.7 Å². The Morgan fingerprint density at radius 3 is 1.63 bits per heavy atom. The lowest BCUT2D eigenvalue weighted by Gasteiger charge is -2.35. The molecule has 0 radical (unpaired) electrons. The van der Waals surface area contributed by atoms with Crippen LogP contribution in [0.5, 0.6) is 0 Å². The van der Waals surface area contributed by atoms with Crippen molar-refractivity contribution in [3.63, 3.8) is 0 Å². The minimum Gasteiger partial charge on any atom is -0.228 e. The monoisotopic (exact) mass is 806 g/mol. The van der Waals surface area contributed by atoms with Gasteiger partial charge >= 0.3 is 0 Å². The van der Waals surface area contributed by atoms with E-state index in [2.05, 4.69) is 224 Å². The van der Waals surface area contributed by atoms with Crippen molar-refractivity contribution in [3.8, 4) is 67.3 Å². The summed E-state index contributed by atoms with van der Waals surface area (Å²) in [6.07, 6.45) is 0. The Hall–Kier alpha value is -7.72. The summed E-state index contributed by atoms with van der Waals surface area (Å²) >= 11 is 1.85. The highest BCUT2D eigenvalue weighted by molar-refractivity contribution is 7.26. The molecule has 0 amide bonds. The second-order valence-corrected chi connectivity index (χ2v) is 17.0. The Labute approximate surface area is 365 Å². The molecule has 11 aromatic rings. The van der Waals surface area contributed by atoms with Crippen LogP contribution < -0.4 is 0 Å². The molecule has 290 valence electrons. The second kappa shape index (κ2) is 14.8. The molecule has 0 saturated heterocycles. The van der Waals surface area contributed by atoms with Gasteiger partial charge in [-0.3, -0.25) is 0 Å². The van der Waals surface area contributed by atoms with Gasteiger partial charge in [-0.1, -0.05) is 218 Å². The quantitative estimate of drug-likeness (QED) is 0.160. The third kappa shape index (κ3) is 5.70. The first kappa shape index (κ1) is 36.2. The lowest BCUT2D eigenvalue weighted by Crippen LogP contribution is -2.29. The Morgan fingerprint density at radius 2 is 0.871 bits per heavy atom. The van der Waals surface area contributed by atoms with Gasteiger partial charge in [-0.2, -0.15) is 0 Å². The fourth-order valence-electron chi connectivity index (χ4n) is 9.91. The van der Waals surface area contributed by atoms with Gasteiger partial charge in [-0.05, 0) is 62.2 Å². The maximum atomic E-state index is 5.30. The molecule has 1 aliphatic carbocycles. The zero-order valence-electron chi connectivity index (χ0n) is 33.7. The molecular weight excluding hydrogens is 769 g/mol. The van der Waals surface area contributed by atoms with Gasteiger partial charge in [0, 0.05) is 42.4 Å². The minimum absolute atomic E-state index is 0.497. The first-order valence-corrected chi connectivity index (χ1v) is 22.0. The zero-order chi connectivity index (χ0) is 41.0. The van der Waals surface area contributed by atoms with Gasteiger partial charge in [-0.15, -0.1) is 11.3 Å². The second-order valence-electron chi connectivity index (χ2n) is 16.0. The summed E-state index contributed by atoms with van der Waals surface area (Å²) in [7, 11) is 0. The molecular formula is C59H38N2S. The van der Waals surface area contributed by atoms with Crippen LogP contribution >= 0.6 is 11.3 Å². The SMILES string of the molecule is c1ccc(-c2nc(-c3ccc(-c4cccc5c4C(c4ccccc4)(c4ccccc4)c4ccccc4-5)cc3)cc(-c3ccccc3-c3cccc4c3sc3ccccc34)n2)cc1. The molecule has 0 saturated carbocycles. The van der Waals surface area contributed by atoms with Crippen molar-refractivity contribution in [2.75, 3.05) is 0 Å². The average Bonchev–Trinajstić information content (AvgIpc) is 3.89. The van der Waals surface area contributed by atoms with Crippen LogP contribution in [0.2, 0.25) is 0 Å². The van der Waals surface area contributed by atoms with Crippen molar-refractivity contribution < 1.29 is 0 Å². The molecule has 1 aliphatic rings. The van der Waals surface area contributed by atoms with E-state index in [9.17, 15) is 0 Å². The molecule has 0 N–H and O–H groups in total. The van der Waals surface area contributed by atoms with Gasteiger partial charge in [0.25, 0.3) is 0 Å². The number of aromatic nitrogens is 2. The highest BCUT2D eigenvalue weighted by Gasteiger charge is 2.47. The maximum absolute atomic E-state index is 5.30. The number of hydrogen-bond donors (Lipinski definition) is 0. The number of fused-ring (bicyclic) bond motifs is 6. The van der Waals surface area contributed by atoms with Crippen molar-refractivity contribution in [2.24, 2.45) is 0 Å². The van der Waals surface area contributed by atoms with Crippen LogP contribution in [-0.2, 0) is 5.41 Å². The number of hydrogen-bond acceptors (Lipinski definition) is 3. The van der Waals surface area contributed by atoms with E-state index in [0.717, 1.165) is 39.2 Å². The Balaban J connectivity index is 1.02. The van der Waals surface area contributed by atoms with Crippen molar-refractivity contribution >= 4 is 31.5 Å². The molecule has 62 heavy (non-hydrogen) atoms. The summed E-state index contributed by atoms with van der Waals surface area (Å²) in [5.74, 6) is 0.700. The summed E-state index contributed by atoms with van der Waals surface area (Å²) in [6.45, 7) is 0. The first-order chi connectivity index (χ1) is 30.8. The van der Waals surface area contributed by atoms with Crippen LogP contribution in [0.3, 0.4) is 0 Å². The van der Waals surface area contributed by atoms with Gasteiger partial charge in [0.2, 0.25) is 0 Å². The molecule has 12 rings (SSSR count). The number of benzene rings is 9. The summed E-state index contributed by atoms with van der Waals surface area (Å²) < 4.78 is 2.58. The molecule has 2 nitrogen and oxygen atoms in total. The molecule has 2 heterocycles. The van der Waals surface area contributed by atoms with Crippen molar-refractivity contribution in [1.82, 2.24) is 9.97 Å². The highest BCUT2D eigenvalue weighted by Crippen LogP contribution is 2.58. The van der Waals surface area contributed by atoms with Gasteiger partial charge in [0.1, 0.15) is 0 Å². The number of thiophene rings is 1. The molecule has 0 aliphatic heterocycles. The highest BCUT2D eigenvalue weighted by atomic mass is 32.1. The minimum atomic E-state index is -0.497. The molecule has 0 fully saturated rings. The van der Waals surface area contributed by atoms with E-state index < -0.39 is 5.41 Å². The number of nitrogens with zero attached hydrogens (tertiary/aromatic N) is 2. The van der Waals surface area contributed by atoms with E-state index in [4.69, 9.17) is 9.97 Å². The van der Waals surface area contributed by atoms with E-state index in [1.807, 2.05) is 17.4 Å². The predicted octanol–water partition coefficient (Wildman–Crippen LogP) is 15.5. The van der Waals surface area contributed by atoms with Crippen molar-refractivity contribution in [1.29, 1.82) is 0 Å². The molecule has 2 aromatic heterocycles. The smallest absolute Gasteiger partial charge is 0.160 e. The normalized spacial score (nSPS) is 12.6.